The topological polar surface area (TPSA) is 55.4 Å². The van der Waals surface area contributed by atoms with E-state index in [-0.39, 0.29) is 5.91 Å². The second-order valence-electron chi connectivity index (χ2n) is 4.70. The Labute approximate surface area is 100.0 Å². The Bertz CT molecular complexity index is 439. The summed E-state index contributed by atoms with van der Waals surface area (Å²) in [7, 11) is 0. The van der Waals surface area contributed by atoms with Crippen LogP contribution < -0.4 is 5.32 Å². The zero-order valence-corrected chi connectivity index (χ0v) is 9.90. The fourth-order valence-corrected chi connectivity index (χ4v) is 1.73. The van der Waals surface area contributed by atoms with Crippen molar-refractivity contribution in [3.05, 3.63) is 35.9 Å². The predicted molar refractivity (Wildman–Crippen MR) is 62.2 cm³/mol. The maximum atomic E-state index is 11.8. The molecule has 1 aliphatic rings. The number of morpholine rings is 1. The molecule has 90 valence electrons. The molecule has 17 heavy (non-hydrogen) atoms. The molecule has 1 heterocycles. The highest BCUT2D eigenvalue weighted by Crippen LogP contribution is 2.17. The van der Waals surface area contributed by atoms with Crippen LogP contribution in [0.5, 0.6) is 0 Å². The highest BCUT2D eigenvalue weighted by Gasteiger charge is 2.41. The van der Waals surface area contributed by atoms with E-state index in [1.54, 1.807) is 13.8 Å². The summed E-state index contributed by atoms with van der Waals surface area (Å²) >= 11 is 0. The van der Waals surface area contributed by atoms with Gasteiger partial charge < -0.3 is 10.1 Å². The van der Waals surface area contributed by atoms with Crippen LogP contribution in [0.1, 0.15) is 19.4 Å². The molecule has 1 aromatic carbocycles. The molecule has 1 atom stereocenters. The van der Waals surface area contributed by atoms with Crippen molar-refractivity contribution in [3.63, 3.8) is 0 Å². The standard InChI is InChI=1S/C13H15NO3/c1-13(2)12(16)17-10(11(15)14-13)8-9-6-4-3-5-7-9/h3-7,10H,8H2,1-2H3,(H,14,15)/t10-/m0/s1. The molecule has 0 aliphatic carbocycles. The van der Waals surface area contributed by atoms with Gasteiger partial charge in [-0.1, -0.05) is 30.3 Å². The number of ether oxygens (including phenoxy) is 1. The van der Waals surface area contributed by atoms with E-state index in [9.17, 15) is 9.59 Å². The Morgan fingerprint density at radius 2 is 1.88 bits per heavy atom. The van der Waals surface area contributed by atoms with Gasteiger partial charge in [-0.15, -0.1) is 0 Å². The number of esters is 1. The molecular weight excluding hydrogens is 218 g/mol. The summed E-state index contributed by atoms with van der Waals surface area (Å²) in [4.78, 5) is 23.4. The molecule has 1 N–H and O–H groups in total. The van der Waals surface area contributed by atoms with Gasteiger partial charge in [0.1, 0.15) is 5.54 Å². The first kappa shape index (κ1) is 11.6. The van der Waals surface area contributed by atoms with Crippen LogP contribution in [0.2, 0.25) is 0 Å². The van der Waals surface area contributed by atoms with E-state index in [1.807, 2.05) is 30.3 Å². The third kappa shape index (κ3) is 2.46. The number of nitrogens with one attached hydrogen (secondary N) is 1. The third-order valence-corrected chi connectivity index (χ3v) is 2.75. The average Bonchev–Trinajstić information content (AvgIpc) is 2.27. The number of amides is 1. The van der Waals surface area contributed by atoms with Gasteiger partial charge >= 0.3 is 5.97 Å². The number of hydrogen-bond donors (Lipinski definition) is 1. The van der Waals surface area contributed by atoms with Gasteiger partial charge in [-0.2, -0.15) is 0 Å². The average molecular weight is 233 g/mol. The minimum atomic E-state index is -0.926. The minimum absolute atomic E-state index is 0.238. The van der Waals surface area contributed by atoms with Crippen LogP contribution in [0.4, 0.5) is 0 Å². The van der Waals surface area contributed by atoms with Crippen molar-refractivity contribution in [1.29, 1.82) is 0 Å². The van der Waals surface area contributed by atoms with Crippen LogP contribution in [-0.2, 0) is 20.7 Å². The monoisotopic (exact) mass is 233 g/mol. The van der Waals surface area contributed by atoms with E-state index in [2.05, 4.69) is 5.32 Å². The highest BCUT2D eigenvalue weighted by molar-refractivity contribution is 5.94. The Kier molecular flexibility index (Phi) is 2.88. The first-order valence-corrected chi connectivity index (χ1v) is 5.56. The van der Waals surface area contributed by atoms with Gasteiger partial charge in [0, 0.05) is 6.42 Å². The molecule has 1 aromatic rings. The number of rotatable bonds is 2. The molecule has 1 aliphatic heterocycles. The maximum absolute atomic E-state index is 11.8. The van der Waals surface area contributed by atoms with Crippen LogP contribution in [0.3, 0.4) is 0 Å². The van der Waals surface area contributed by atoms with Crippen LogP contribution in [-0.4, -0.2) is 23.5 Å². The second kappa shape index (κ2) is 4.20. The molecule has 0 spiro atoms. The molecule has 1 amide bonds. The van der Waals surface area contributed by atoms with Gasteiger partial charge in [0.2, 0.25) is 0 Å². The molecule has 0 bridgehead atoms. The van der Waals surface area contributed by atoms with Gasteiger partial charge in [-0.3, -0.25) is 4.79 Å². The molecule has 2 rings (SSSR count). The zero-order chi connectivity index (χ0) is 12.5. The van der Waals surface area contributed by atoms with Gasteiger partial charge in [0.15, 0.2) is 6.10 Å². The number of carbonyl (C=O) groups excluding carboxylic acids is 2. The molecule has 0 radical (unpaired) electrons. The van der Waals surface area contributed by atoms with Crippen molar-refractivity contribution in [2.24, 2.45) is 0 Å². The number of carbonyl (C=O) groups is 2. The van der Waals surface area contributed by atoms with Crippen LogP contribution in [0.15, 0.2) is 30.3 Å². The van der Waals surface area contributed by atoms with E-state index < -0.39 is 17.6 Å². The van der Waals surface area contributed by atoms with Crippen LogP contribution in [0.25, 0.3) is 0 Å². The fraction of sp³-hybridized carbons (Fsp3) is 0.385. The molecule has 4 nitrogen and oxygen atoms in total. The van der Waals surface area contributed by atoms with Gasteiger partial charge in [-0.25, -0.2) is 4.79 Å². The summed E-state index contributed by atoms with van der Waals surface area (Å²) in [6.07, 6.45) is -0.313. The van der Waals surface area contributed by atoms with Crippen molar-refractivity contribution >= 4 is 11.9 Å². The first-order chi connectivity index (χ1) is 7.99. The van der Waals surface area contributed by atoms with E-state index in [1.165, 1.54) is 0 Å². The molecule has 1 saturated heterocycles. The van der Waals surface area contributed by atoms with E-state index >= 15 is 0 Å². The van der Waals surface area contributed by atoms with Gasteiger partial charge in [-0.05, 0) is 19.4 Å². The maximum Gasteiger partial charge on any atom is 0.332 e. The lowest BCUT2D eigenvalue weighted by molar-refractivity contribution is -0.170. The highest BCUT2D eigenvalue weighted by atomic mass is 16.6. The number of cyclic esters (lactones) is 1. The zero-order valence-electron chi connectivity index (χ0n) is 9.90. The summed E-state index contributed by atoms with van der Waals surface area (Å²) in [6.45, 7) is 3.26. The molecule has 0 aromatic heterocycles. The van der Waals surface area contributed by atoms with E-state index in [4.69, 9.17) is 4.74 Å². The minimum Gasteiger partial charge on any atom is -0.450 e. The lowest BCUT2D eigenvalue weighted by Crippen LogP contribution is -2.60. The van der Waals surface area contributed by atoms with Crippen LogP contribution >= 0.6 is 0 Å². The Morgan fingerprint density at radius 1 is 1.24 bits per heavy atom. The molecule has 1 fully saturated rings. The Morgan fingerprint density at radius 3 is 2.53 bits per heavy atom. The van der Waals surface area contributed by atoms with Gasteiger partial charge in [0.25, 0.3) is 5.91 Å². The fourth-order valence-electron chi connectivity index (χ4n) is 1.73. The van der Waals surface area contributed by atoms with Crippen molar-refractivity contribution < 1.29 is 14.3 Å². The smallest absolute Gasteiger partial charge is 0.332 e. The molecule has 4 heteroatoms. The largest absolute Gasteiger partial charge is 0.450 e. The number of benzene rings is 1. The van der Waals surface area contributed by atoms with Crippen molar-refractivity contribution in [2.75, 3.05) is 0 Å². The second-order valence-corrected chi connectivity index (χ2v) is 4.70. The normalized spacial score (nSPS) is 22.8. The summed E-state index contributed by atoms with van der Waals surface area (Å²) < 4.78 is 5.17. The van der Waals surface area contributed by atoms with E-state index in [0.717, 1.165) is 5.56 Å². The lowest BCUT2D eigenvalue weighted by Gasteiger charge is -2.33. The third-order valence-electron chi connectivity index (χ3n) is 2.75. The molecule has 0 unspecified atom stereocenters. The molecule has 0 saturated carbocycles. The number of hydrogen-bond acceptors (Lipinski definition) is 3. The van der Waals surface area contributed by atoms with Crippen molar-refractivity contribution in [3.8, 4) is 0 Å². The first-order valence-electron chi connectivity index (χ1n) is 5.56. The Balaban J connectivity index is 2.09. The lowest BCUT2D eigenvalue weighted by atomic mass is 10.00. The van der Waals surface area contributed by atoms with Crippen molar-refractivity contribution in [1.82, 2.24) is 5.32 Å². The quantitative estimate of drug-likeness (QED) is 0.777. The summed E-state index contributed by atoms with van der Waals surface area (Å²) in [5.41, 5.74) is 0.0460. The summed E-state index contributed by atoms with van der Waals surface area (Å²) in [6, 6.07) is 9.49. The van der Waals surface area contributed by atoms with Gasteiger partial charge in [0.05, 0.1) is 0 Å². The summed E-state index contributed by atoms with van der Waals surface area (Å²) in [5, 5.41) is 2.66. The molecular formula is C13H15NO3. The Hall–Kier alpha value is -1.84. The van der Waals surface area contributed by atoms with Crippen molar-refractivity contribution in [2.45, 2.75) is 31.9 Å². The van der Waals surface area contributed by atoms with Crippen LogP contribution in [0, 0.1) is 0 Å². The predicted octanol–water partition coefficient (Wildman–Crippen LogP) is 1.05. The SMILES string of the molecule is CC1(C)NC(=O)[C@H](Cc2ccccc2)OC1=O. The summed E-state index contributed by atoms with van der Waals surface area (Å²) in [5.74, 6) is -0.628. The van der Waals surface area contributed by atoms with E-state index in [0.29, 0.717) is 6.42 Å².